The predicted octanol–water partition coefficient (Wildman–Crippen LogP) is 2.13. The van der Waals surface area contributed by atoms with Gasteiger partial charge in [0.2, 0.25) is 5.91 Å². The van der Waals surface area contributed by atoms with Crippen LogP contribution in [-0.4, -0.2) is 55.0 Å². The molecule has 2 atom stereocenters. The summed E-state index contributed by atoms with van der Waals surface area (Å²) in [6, 6.07) is 9.38. The third-order valence-corrected chi connectivity index (χ3v) is 4.96. The van der Waals surface area contributed by atoms with E-state index in [4.69, 9.17) is 10.00 Å². The van der Waals surface area contributed by atoms with Crippen LogP contribution in [0.15, 0.2) is 24.3 Å². The predicted molar refractivity (Wildman–Crippen MR) is 91.6 cm³/mol. The molecule has 1 saturated carbocycles. The van der Waals surface area contributed by atoms with E-state index in [0.29, 0.717) is 29.9 Å². The Morgan fingerprint density at radius 1 is 1.33 bits per heavy atom. The molecule has 0 spiro atoms. The largest absolute Gasteiger partial charge is 0.494 e. The highest BCUT2D eigenvalue weighted by Crippen LogP contribution is 2.39. The highest BCUT2D eigenvalue weighted by molar-refractivity contribution is 5.81. The van der Waals surface area contributed by atoms with Crippen LogP contribution in [-0.2, 0) is 4.79 Å². The van der Waals surface area contributed by atoms with Crippen LogP contribution in [0.1, 0.15) is 25.3 Å². The second-order valence-corrected chi connectivity index (χ2v) is 6.83. The number of hydrogen-bond acceptors (Lipinski definition) is 4. The second kappa shape index (κ2) is 7.67. The van der Waals surface area contributed by atoms with Gasteiger partial charge < -0.3 is 9.64 Å². The number of carbonyl (C=O) groups excluding carboxylic acids is 1. The van der Waals surface area contributed by atoms with Gasteiger partial charge in [-0.1, -0.05) is 13.0 Å². The summed E-state index contributed by atoms with van der Waals surface area (Å²) in [6.45, 7) is 7.41. The average molecular weight is 327 g/mol. The number of carbonyl (C=O) groups is 1. The number of hydrogen-bond donors (Lipinski definition) is 0. The Balaban J connectivity index is 1.32. The van der Waals surface area contributed by atoms with Crippen LogP contribution in [0.5, 0.6) is 5.75 Å². The lowest BCUT2D eigenvalue weighted by Gasteiger charge is -2.35. The summed E-state index contributed by atoms with van der Waals surface area (Å²) in [5.41, 5.74) is 0.623. The van der Waals surface area contributed by atoms with Crippen molar-refractivity contribution < 1.29 is 9.53 Å². The number of amides is 1. The van der Waals surface area contributed by atoms with Gasteiger partial charge in [0.1, 0.15) is 5.75 Å². The molecule has 0 unspecified atom stereocenters. The van der Waals surface area contributed by atoms with Gasteiger partial charge in [0.05, 0.1) is 18.2 Å². The molecule has 1 amide bonds. The summed E-state index contributed by atoms with van der Waals surface area (Å²) < 4.78 is 5.71. The van der Waals surface area contributed by atoms with E-state index in [9.17, 15) is 4.79 Å². The van der Waals surface area contributed by atoms with Gasteiger partial charge in [0.25, 0.3) is 0 Å². The molecule has 128 valence electrons. The molecule has 0 N–H and O–H groups in total. The Kier molecular flexibility index (Phi) is 5.37. The molecule has 5 heteroatoms. The fourth-order valence-electron chi connectivity index (χ4n) is 3.23. The third kappa shape index (κ3) is 4.27. The molecule has 1 aromatic rings. The van der Waals surface area contributed by atoms with Crippen LogP contribution in [0.4, 0.5) is 0 Å². The van der Waals surface area contributed by atoms with E-state index in [0.717, 1.165) is 51.3 Å². The third-order valence-electron chi connectivity index (χ3n) is 4.96. The van der Waals surface area contributed by atoms with Crippen LogP contribution >= 0.6 is 0 Å². The molecular weight excluding hydrogens is 302 g/mol. The van der Waals surface area contributed by atoms with Crippen molar-refractivity contribution in [2.45, 2.75) is 19.8 Å². The van der Waals surface area contributed by atoms with Gasteiger partial charge >= 0.3 is 0 Å². The molecule has 2 aliphatic rings. The highest BCUT2D eigenvalue weighted by Gasteiger charge is 2.41. The summed E-state index contributed by atoms with van der Waals surface area (Å²) in [4.78, 5) is 16.6. The van der Waals surface area contributed by atoms with E-state index in [1.54, 1.807) is 12.1 Å². The Labute approximate surface area is 143 Å². The van der Waals surface area contributed by atoms with Crippen molar-refractivity contribution >= 4 is 5.91 Å². The maximum atomic E-state index is 12.2. The molecule has 1 aliphatic carbocycles. The minimum absolute atomic E-state index is 0.300. The molecule has 1 aliphatic heterocycles. The van der Waals surface area contributed by atoms with Crippen LogP contribution in [0, 0.1) is 23.2 Å². The lowest BCUT2D eigenvalue weighted by Crippen LogP contribution is -2.49. The van der Waals surface area contributed by atoms with E-state index in [2.05, 4.69) is 17.9 Å². The van der Waals surface area contributed by atoms with Gasteiger partial charge in [-0.15, -0.1) is 0 Å². The molecule has 1 saturated heterocycles. The number of benzene rings is 1. The normalized spacial score (nSPS) is 23.6. The van der Waals surface area contributed by atoms with Crippen LogP contribution in [0.2, 0.25) is 0 Å². The highest BCUT2D eigenvalue weighted by atomic mass is 16.5. The molecule has 3 rings (SSSR count). The summed E-state index contributed by atoms with van der Waals surface area (Å²) in [7, 11) is 0. The van der Waals surface area contributed by atoms with Crippen molar-refractivity contribution in [3.63, 3.8) is 0 Å². The van der Waals surface area contributed by atoms with Crippen molar-refractivity contribution in [1.29, 1.82) is 5.26 Å². The van der Waals surface area contributed by atoms with Crippen molar-refractivity contribution in [3.8, 4) is 11.8 Å². The first-order valence-electron chi connectivity index (χ1n) is 8.81. The number of piperazine rings is 1. The molecule has 1 heterocycles. The number of nitriles is 1. The van der Waals surface area contributed by atoms with Crippen LogP contribution < -0.4 is 4.74 Å². The summed E-state index contributed by atoms with van der Waals surface area (Å²) in [5, 5.41) is 8.88. The Bertz CT molecular complexity index is 617. The lowest BCUT2D eigenvalue weighted by atomic mass is 10.2. The molecule has 0 bridgehead atoms. The maximum Gasteiger partial charge on any atom is 0.226 e. The van der Waals surface area contributed by atoms with Gasteiger partial charge in [-0.25, -0.2) is 0 Å². The van der Waals surface area contributed by atoms with E-state index in [1.165, 1.54) is 0 Å². The van der Waals surface area contributed by atoms with Crippen molar-refractivity contribution in [2.75, 3.05) is 39.3 Å². The summed E-state index contributed by atoms with van der Waals surface area (Å²) in [5.74, 6) is 2.01. The van der Waals surface area contributed by atoms with Crippen LogP contribution in [0.25, 0.3) is 0 Å². The number of nitrogens with zero attached hydrogens (tertiary/aromatic N) is 3. The molecule has 24 heavy (non-hydrogen) atoms. The van der Waals surface area contributed by atoms with Crippen molar-refractivity contribution in [2.24, 2.45) is 11.8 Å². The van der Waals surface area contributed by atoms with Gasteiger partial charge in [-0.05, 0) is 37.0 Å². The molecule has 5 nitrogen and oxygen atoms in total. The lowest BCUT2D eigenvalue weighted by molar-refractivity contribution is -0.134. The smallest absolute Gasteiger partial charge is 0.226 e. The molecular formula is C19H25N3O2. The quantitative estimate of drug-likeness (QED) is 0.751. The average Bonchev–Trinajstić information content (AvgIpc) is 3.35. The SMILES string of the molecule is C[C@H]1C[C@H]1C(=O)N1CCN(CCCOc2cccc(C#N)c2)CC1. The first-order chi connectivity index (χ1) is 11.7. The first-order valence-corrected chi connectivity index (χ1v) is 8.81. The summed E-state index contributed by atoms with van der Waals surface area (Å²) >= 11 is 0. The Hall–Kier alpha value is -2.06. The standard InChI is InChI=1S/C19H25N3O2/c1-15-12-18(15)19(23)22-9-7-21(8-10-22)6-3-11-24-17-5-2-4-16(13-17)14-20/h2,4-5,13,15,18H,3,6-12H2,1H3/t15-,18+/m0/s1. The Morgan fingerprint density at radius 2 is 2.08 bits per heavy atom. The van der Waals surface area contributed by atoms with Crippen molar-refractivity contribution in [1.82, 2.24) is 9.80 Å². The zero-order chi connectivity index (χ0) is 16.9. The second-order valence-electron chi connectivity index (χ2n) is 6.83. The summed E-state index contributed by atoms with van der Waals surface area (Å²) in [6.07, 6.45) is 2.02. The van der Waals surface area contributed by atoms with E-state index in [-0.39, 0.29) is 0 Å². The zero-order valence-electron chi connectivity index (χ0n) is 14.3. The molecule has 0 aromatic heterocycles. The zero-order valence-corrected chi connectivity index (χ0v) is 14.3. The fourth-order valence-corrected chi connectivity index (χ4v) is 3.23. The topological polar surface area (TPSA) is 56.6 Å². The maximum absolute atomic E-state index is 12.2. The van der Waals surface area contributed by atoms with Crippen LogP contribution in [0.3, 0.4) is 0 Å². The minimum atomic E-state index is 0.300. The minimum Gasteiger partial charge on any atom is -0.494 e. The number of rotatable bonds is 6. The van der Waals surface area contributed by atoms with E-state index < -0.39 is 0 Å². The van der Waals surface area contributed by atoms with E-state index >= 15 is 0 Å². The number of ether oxygens (including phenoxy) is 1. The van der Waals surface area contributed by atoms with Gasteiger partial charge in [-0.2, -0.15) is 5.26 Å². The monoisotopic (exact) mass is 327 g/mol. The molecule has 0 radical (unpaired) electrons. The van der Waals surface area contributed by atoms with Crippen molar-refractivity contribution in [3.05, 3.63) is 29.8 Å². The Morgan fingerprint density at radius 3 is 2.75 bits per heavy atom. The van der Waals surface area contributed by atoms with Gasteiger partial charge in [-0.3, -0.25) is 9.69 Å². The fraction of sp³-hybridized carbons (Fsp3) is 0.579. The van der Waals surface area contributed by atoms with Gasteiger partial charge in [0, 0.05) is 38.6 Å². The van der Waals surface area contributed by atoms with Gasteiger partial charge in [0.15, 0.2) is 0 Å². The molecule has 2 fully saturated rings. The molecule has 1 aromatic carbocycles. The van der Waals surface area contributed by atoms with E-state index in [1.807, 2.05) is 17.0 Å². The first kappa shape index (κ1) is 16.8.